The molecule has 0 saturated carbocycles. The Morgan fingerprint density at radius 3 is 1.94 bits per heavy atom. The number of carbonyl (C=O) groups excluding carboxylic acids is 4. The van der Waals surface area contributed by atoms with E-state index in [4.69, 9.17) is 9.47 Å². The van der Waals surface area contributed by atoms with Gasteiger partial charge in [-0.15, -0.1) is 0 Å². The molecule has 3 aliphatic rings. The van der Waals surface area contributed by atoms with Crippen LogP contribution in [0, 0.1) is 34.3 Å². The molecule has 0 unspecified atom stereocenters. The number of methoxy groups -OCH3 is 1. The van der Waals surface area contributed by atoms with Crippen molar-refractivity contribution in [2.75, 3.05) is 51.9 Å². The average molecular weight is 1160 g/mol. The minimum absolute atomic E-state index is 0.252. The summed E-state index contributed by atoms with van der Waals surface area (Å²) >= 11 is 0. The van der Waals surface area contributed by atoms with Gasteiger partial charge in [0.2, 0.25) is 5.95 Å². The molecule has 19 nitrogen and oxygen atoms in total. The normalized spacial score (nSPS) is 18.5. The Labute approximate surface area is 458 Å². The van der Waals surface area contributed by atoms with Gasteiger partial charge in [-0.25, -0.2) is 38.3 Å². The SMILES string of the molecule is CNC(=O)O[C@H](C(=O)N[C@@H](Cc1ccc(C#Cc2cnc(N3C[C@@H]4CC[C@@H](C3)N4C3COC3)nc2)cc1)[C@@H](O)CN(Cc1c(F)cc(-c2cn(C(F)F)cn2)cc1F)NC(=O)[C@@H](NC(=O)OC)C(C)(C)C(F)(F)F)C(C)(C)C(F)(F)F. The number of piperazine rings is 1. The van der Waals surface area contributed by atoms with Crippen molar-refractivity contribution in [2.45, 2.75) is 115 Å². The zero-order valence-electron chi connectivity index (χ0n) is 44.5. The number of nitrogens with zero attached hydrogens (tertiary/aromatic N) is 7. The molecule has 3 fully saturated rings. The number of hydrogen-bond acceptors (Lipinski definition) is 14. The summed E-state index contributed by atoms with van der Waals surface area (Å²) in [5.74, 6) is 0.332. The number of imidazole rings is 1. The lowest BCUT2D eigenvalue weighted by molar-refractivity contribution is -0.239. The minimum Gasteiger partial charge on any atom is -0.453 e. The van der Waals surface area contributed by atoms with Gasteiger partial charge in [-0.2, -0.15) is 35.1 Å². The fourth-order valence-corrected chi connectivity index (χ4v) is 9.47. The van der Waals surface area contributed by atoms with Crippen molar-refractivity contribution in [3.63, 3.8) is 0 Å². The lowest BCUT2D eigenvalue weighted by Crippen LogP contribution is -2.62. The number of carbonyl (C=O) groups is 4. The summed E-state index contributed by atoms with van der Waals surface area (Å²) in [7, 11) is 1.79. The fraction of sp³-hybridized carbons (Fsp3) is 0.519. The number of hydrogen-bond donors (Lipinski definition) is 5. The molecule has 3 aliphatic heterocycles. The van der Waals surface area contributed by atoms with Gasteiger partial charge in [0, 0.05) is 80.6 Å². The number of aromatic nitrogens is 4. The van der Waals surface area contributed by atoms with Gasteiger partial charge in [-0.05, 0) is 76.8 Å². The van der Waals surface area contributed by atoms with Crippen LogP contribution in [-0.2, 0) is 36.8 Å². The Bertz CT molecular complexity index is 2910. The van der Waals surface area contributed by atoms with Crippen LogP contribution < -0.4 is 26.3 Å². The number of alkyl carbamates (subject to hydrolysis) is 2. The topological polar surface area (TPSA) is 218 Å². The summed E-state index contributed by atoms with van der Waals surface area (Å²) in [4.78, 5) is 70.4. The van der Waals surface area contributed by atoms with Crippen LogP contribution in [-0.4, -0.2) is 160 Å². The largest absolute Gasteiger partial charge is 0.453 e. The standard InChI is InChI=1S/C52H59F10N11O8/c1-49(2,51(57,58)59)41(68-48(78)79-6)43(75)69-72(22-35-36(53)16-31(17-37(35)54)39-23-71(27-66-39)45(55)56)24-40(74)38(67-44(76)42(81-47(77)63-5)50(3,4)52(60,61)62)15-29-10-7-28(8-11-29)9-12-30-18-64-46(65-19-30)70-20-32-13-14-33(21-70)73(32)34-25-80-26-34/h7-8,10-11,16-19,23,27,32-34,38,40-42,45,74H,13-15,20-22,24-26H2,1-6H3,(H,63,77)(H,67,76)(H,68,78)(H,69,75)/t32-,33-,38-,40-,41+,42+/m0/s1. The number of alkyl halides is 8. The quantitative estimate of drug-likeness (QED) is 0.0413. The van der Waals surface area contributed by atoms with E-state index in [1.165, 1.54) is 24.3 Å². The highest BCUT2D eigenvalue weighted by Gasteiger charge is 2.58. The van der Waals surface area contributed by atoms with Gasteiger partial charge >= 0.3 is 31.1 Å². The molecule has 3 saturated heterocycles. The number of amides is 4. The van der Waals surface area contributed by atoms with Gasteiger partial charge in [0.05, 0.1) is 61.5 Å². The predicted octanol–water partition coefficient (Wildman–Crippen LogP) is 6.01. The van der Waals surface area contributed by atoms with Gasteiger partial charge in [0.25, 0.3) is 11.8 Å². The molecule has 81 heavy (non-hydrogen) atoms. The maximum absolute atomic E-state index is 16.0. The van der Waals surface area contributed by atoms with E-state index in [0.717, 1.165) is 59.5 Å². The first-order valence-electron chi connectivity index (χ1n) is 25.2. The Kier molecular flexibility index (Phi) is 18.8. The lowest BCUT2D eigenvalue weighted by Gasteiger charge is -2.47. The molecule has 440 valence electrons. The number of hydrazine groups is 1. The van der Waals surface area contributed by atoms with E-state index in [9.17, 15) is 59.4 Å². The van der Waals surface area contributed by atoms with E-state index in [1.54, 1.807) is 17.7 Å². The van der Waals surface area contributed by atoms with E-state index in [-0.39, 0.29) is 16.8 Å². The van der Waals surface area contributed by atoms with Crippen molar-refractivity contribution in [3.8, 4) is 23.1 Å². The first-order valence-corrected chi connectivity index (χ1v) is 25.2. The Hall–Kier alpha value is -7.29. The molecular formula is C52H59F10N11O8. The second kappa shape index (κ2) is 24.8. The molecule has 6 atom stereocenters. The van der Waals surface area contributed by atoms with E-state index in [1.807, 2.05) is 10.7 Å². The third-order valence-electron chi connectivity index (χ3n) is 14.6. The van der Waals surface area contributed by atoms with Crippen LogP contribution in [0.4, 0.5) is 59.4 Å². The molecular weight excluding hydrogens is 1100 g/mol. The first kappa shape index (κ1) is 61.3. The smallest absolute Gasteiger partial charge is 0.407 e. The van der Waals surface area contributed by atoms with Crippen molar-refractivity contribution in [1.29, 1.82) is 0 Å². The Morgan fingerprint density at radius 2 is 1.42 bits per heavy atom. The van der Waals surface area contributed by atoms with Crippen LogP contribution in [0.1, 0.15) is 69.3 Å². The molecule has 4 amide bonds. The number of benzene rings is 2. The third kappa shape index (κ3) is 14.3. The van der Waals surface area contributed by atoms with Gasteiger partial charge < -0.3 is 40.2 Å². The number of anilines is 1. The first-order chi connectivity index (χ1) is 38.0. The molecule has 2 bridgehead atoms. The number of nitrogens with one attached hydrogen (secondary N) is 4. The molecule has 4 aromatic rings. The molecule has 0 radical (unpaired) electrons. The van der Waals surface area contributed by atoms with E-state index in [2.05, 4.69) is 46.6 Å². The van der Waals surface area contributed by atoms with Crippen LogP contribution in [0.3, 0.4) is 0 Å². The Balaban J connectivity index is 1.18. The number of fused-ring (bicyclic) bond motifs is 2. The van der Waals surface area contributed by atoms with Gasteiger partial charge in [-0.1, -0.05) is 24.0 Å². The van der Waals surface area contributed by atoms with E-state index >= 15 is 8.78 Å². The summed E-state index contributed by atoms with van der Waals surface area (Å²) in [5, 5.41) is 18.5. The van der Waals surface area contributed by atoms with Gasteiger partial charge in [0.15, 0.2) is 6.10 Å². The van der Waals surface area contributed by atoms with Crippen LogP contribution in [0.5, 0.6) is 0 Å². The van der Waals surface area contributed by atoms with Crippen molar-refractivity contribution in [2.24, 2.45) is 10.8 Å². The van der Waals surface area contributed by atoms with Crippen LogP contribution in [0.2, 0.25) is 0 Å². The number of aliphatic hydroxyl groups is 1. The van der Waals surface area contributed by atoms with Crippen LogP contribution in [0.15, 0.2) is 61.3 Å². The number of ether oxygens (including phenoxy) is 3. The summed E-state index contributed by atoms with van der Waals surface area (Å²) in [6, 6.07) is 4.10. The second-order valence-corrected chi connectivity index (χ2v) is 20.8. The lowest BCUT2D eigenvalue weighted by atomic mass is 9.83. The molecule has 2 aromatic heterocycles. The molecule has 5 heterocycles. The van der Waals surface area contributed by atoms with E-state index in [0.29, 0.717) is 90.9 Å². The van der Waals surface area contributed by atoms with Crippen molar-refractivity contribution >= 4 is 29.9 Å². The zero-order valence-corrected chi connectivity index (χ0v) is 44.5. The minimum atomic E-state index is -5.23. The van der Waals surface area contributed by atoms with Crippen molar-refractivity contribution in [1.82, 2.24) is 50.8 Å². The van der Waals surface area contributed by atoms with Crippen molar-refractivity contribution < 1.29 is 82.4 Å². The van der Waals surface area contributed by atoms with Crippen LogP contribution >= 0.6 is 0 Å². The summed E-state index contributed by atoms with van der Waals surface area (Å²) in [5.41, 5.74) is -4.68. The highest BCUT2D eigenvalue weighted by atomic mass is 19.4. The summed E-state index contributed by atoms with van der Waals surface area (Å²) in [6.45, 7) is -0.180. The maximum atomic E-state index is 16.0. The highest BCUT2D eigenvalue weighted by Crippen LogP contribution is 2.43. The molecule has 2 aromatic carbocycles. The molecule has 0 aliphatic carbocycles. The number of halogens is 10. The molecule has 0 spiro atoms. The van der Waals surface area contributed by atoms with Crippen LogP contribution in [0.25, 0.3) is 11.3 Å². The third-order valence-corrected chi connectivity index (χ3v) is 14.6. The Morgan fingerprint density at radius 1 is 0.827 bits per heavy atom. The maximum Gasteiger partial charge on any atom is 0.407 e. The zero-order chi connectivity index (χ0) is 59.4. The predicted molar refractivity (Wildman–Crippen MR) is 267 cm³/mol. The fourth-order valence-electron chi connectivity index (χ4n) is 9.47. The average Bonchev–Trinajstić information content (AvgIpc) is 4.26. The van der Waals surface area contributed by atoms with Crippen molar-refractivity contribution in [3.05, 3.63) is 95.2 Å². The highest BCUT2D eigenvalue weighted by molar-refractivity contribution is 5.86. The number of rotatable bonds is 19. The van der Waals surface area contributed by atoms with Gasteiger partial charge in [0.1, 0.15) is 23.1 Å². The molecule has 5 N–H and O–H groups in total. The number of aliphatic hydroxyl groups excluding tert-OH is 1. The second-order valence-electron chi connectivity index (χ2n) is 20.8. The van der Waals surface area contributed by atoms with Gasteiger partial charge in [-0.3, -0.25) is 24.5 Å². The molecule has 7 rings (SSSR count). The summed E-state index contributed by atoms with van der Waals surface area (Å²) in [6.07, 6.45) is -12.0. The monoisotopic (exact) mass is 1160 g/mol. The van der Waals surface area contributed by atoms with E-state index < -0.39 is 115 Å². The molecule has 29 heteroatoms. The summed E-state index contributed by atoms with van der Waals surface area (Å²) < 4.78 is 161.